The second kappa shape index (κ2) is 5.95. The Morgan fingerprint density at radius 3 is 2.35 bits per heavy atom. The normalized spacial score (nSPS) is 11.9. The summed E-state index contributed by atoms with van der Waals surface area (Å²) in [5.74, 6) is 1.11. The highest BCUT2D eigenvalue weighted by atomic mass is 15.2. The third-order valence-electron chi connectivity index (χ3n) is 4.01. The summed E-state index contributed by atoms with van der Waals surface area (Å²) >= 11 is 0. The van der Waals surface area contributed by atoms with Crippen molar-refractivity contribution in [2.24, 2.45) is 10.2 Å². The fourth-order valence-electron chi connectivity index (χ4n) is 2.70. The molecule has 0 saturated carbocycles. The van der Waals surface area contributed by atoms with E-state index in [1.165, 1.54) is 5.56 Å². The quantitative estimate of drug-likeness (QED) is 0.564. The second-order valence-corrected chi connectivity index (χ2v) is 6.35. The summed E-state index contributed by atoms with van der Waals surface area (Å²) in [6.07, 6.45) is 2.02. The van der Waals surface area contributed by atoms with E-state index in [2.05, 4.69) is 69.1 Å². The van der Waals surface area contributed by atoms with Crippen molar-refractivity contribution < 1.29 is 0 Å². The topological polar surface area (TPSA) is 42.0 Å². The lowest BCUT2D eigenvalue weighted by atomic mass is 10.1. The summed E-state index contributed by atoms with van der Waals surface area (Å²) in [7, 11) is 0. The van der Waals surface area contributed by atoms with E-state index in [1.54, 1.807) is 0 Å². The van der Waals surface area contributed by atoms with Crippen LogP contribution in [0.4, 0.5) is 11.5 Å². The SMILES string of the molecule is Cc1ccn2c(N=Nc3c(C)cccc3C)c(C(C)C)nc2c1. The number of hydrogen-bond acceptors (Lipinski definition) is 3. The number of benzene rings is 1. The van der Waals surface area contributed by atoms with Gasteiger partial charge in [0.25, 0.3) is 0 Å². The molecule has 3 aromatic rings. The Bertz CT molecular complexity index is 868. The van der Waals surface area contributed by atoms with Gasteiger partial charge in [-0.25, -0.2) is 4.98 Å². The predicted octanol–water partition coefficient (Wildman–Crippen LogP) is 5.80. The minimum Gasteiger partial charge on any atom is -0.283 e. The van der Waals surface area contributed by atoms with Crippen LogP contribution in [-0.2, 0) is 0 Å². The fraction of sp³-hybridized carbons (Fsp3) is 0.316. The predicted molar refractivity (Wildman–Crippen MR) is 94.1 cm³/mol. The van der Waals surface area contributed by atoms with E-state index in [1.807, 2.05) is 16.7 Å². The molecule has 0 unspecified atom stereocenters. The lowest BCUT2D eigenvalue weighted by molar-refractivity contribution is 0.831. The van der Waals surface area contributed by atoms with E-state index in [-0.39, 0.29) is 0 Å². The van der Waals surface area contributed by atoms with Gasteiger partial charge in [-0.05, 0) is 55.5 Å². The van der Waals surface area contributed by atoms with E-state index in [9.17, 15) is 0 Å². The minimum absolute atomic E-state index is 0.294. The summed E-state index contributed by atoms with van der Waals surface area (Å²) in [6, 6.07) is 10.3. The van der Waals surface area contributed by atoms with Crippen LogP contribution in [0.2, 0.25) is 0 Å². The van der Waals surface area contributed by atoms with Crippen LogP contribution in [0.3, 0.4) is 0 Å². The molecule has 118 valence electrons. The smallest absolute Gasteiger partial charge is 0.183 e. The molecule has 23 heavy (non-hydrogen) atoms. The molecule has 0 spiro atoms. The summed E-state index contributed by atoms with van der Waals surface area (Å²) < 4.78 is 2.01. The van der Waals surface area contributed by atoms with Crippen molar-refractivity contribution in [3.8, 4) is 0 Å². The molecule has 0 fully saturated rings. The van der Waals surface area contributed by atoms with Gasteiger partial charge in [-0.2, -0.15) is 0 Å². The Morgan fingerprint density at radius 2 is 1.70 bits per heavy atom. The number of fused-ring (bicyclic) bond motifs is 1. The van der Waals surface area contributed by atoms with E-state index in [0.717, 1.165) is 34.0 Å². The van der Waals surface area contributed by atoms with E-state index in [0.29, 0.717) is 5.92 Å². The van der Waals surface area contributed by atoms with Crippen LogP contribution in [0, 0.1) is 20.8 Å². The molecule has 2 aromatic heterocycles. The third kappa shape index (κ3) is 2.89. The monoisotopic (exact) mass is 306 g/mol. The number of hydrogen-bond donors (Lipinski definition) is 0. The minimum atomic E-state index is 0.294. The van der Waals surface area contributed by atoms with E-state index < -0.39 is 0 Å². The molecule has 0 radical (unpaired) electrons. The Balaban J connectivity index is 2.15. The van der Waals surface area contributed by atoms with Gasteiger partial charge in [0.05, 0.1) is 11.4 Å². The average Bonchev–Trinajstić information content (AvgIpc) is 2.85. The van der Waals surface area contributed by atoms with Gasteiger partial charge >= 0.3 is 0 Å². The molecule has 2 heterocycles. The fourth-order valence-corrected chi connectivity index (χ4v) is 2.70. The van der Waals surface area contributed by atoms with Crippen LogP contribution in [-0.4, -0.2) is 9.38 Å². The Kier molecular flexibility index (Phi) is 3.99. The van der Waals surface area contributed by atoms with E-state index in [4.69, 9.17) is 4.98 Å². The number of nitrogens with zero attached hydrogens (tertiary/aromatic N) is 4. The van der Waals surface area contributed by atoms with Crippen molar-refractivity contribution in [2.45, 2.75) is 40.5 Å². The first-order valence-corrected chi connectivity index (χ1v) is 7.94. The van der Waals surface area contributed by atoms with Crippen molar-refractivity contribution in [3.05, 3.63) is 58.9 Å². The molecule has 0 aliphatic rings. The van der Waals surface area contributed by atoms with Gasteiger partial charge in [0.2, 0.25) is 0 Å². The first-order valence-electron chi connectivity index (χ1n) is 7.94. The van der Waals surface area contributed by atoms with Gasteiger partial charge in [-0.15, -0.1) is 10.2 Å². The molecule has 4 heteroatoms. The van der Waals surface area contributed by atoms with Crippen LogP contribution in [0.15, 0.2) is 46.8 Å². The van der Waals surface area contributed by atoms with Crippen LogP contribution in [0.25, 0.3) is 5.65 Å². The van der Waals surface area contributed by atoms with Crippen LogP contribution >= 0.6 is 0 Å². The maximum Gasteiger partial charge on any atom is 0.183 e. The molecule has 0 saturated heterocycles. The average molecular weight is 306 g/mol. The third-order valence-corrected chi connectivity index (χ3v) is 4.01. The highest BCUT2D eigenvalue weighted by molar-refractivity contribution is 5.55. The number of pyridine rings is 1. The van der Waals surface area contributed by atoms with Gasteiger partial charge in [-0.1, -0.05) is 32.0 Å². The summed E-state index contributed by atoms with van der Waals surface area (Å²) in [4.78, 5) is 4.74. The molecule has 1 aromatic carbocycles. The van der Waals surface area contributed by atoms with Crippen molar-refractivity contribution in [1.82, 2.24) is 9.38 Å². The maximum atomic E-state index is 4.74. The zero-order valence-corrected chi connectivity index (χ0v) is 14.3. The Labute approximate surface area is 136 Å². The maximum absolute atomic E-state index is 4.74. The first-order chi connectivity index (χ1) is 11.0. The van der Waals surface area contributed by atoms with Crippen molar-refractivity contribution in [1.29, 1.82) is 0 Å². The molecular formula is C19H22N4. The molecule has 0 bridgehead atoms. The molecular weight excluding hydrogens is 284 g/mol. The Morgan fingerprint density at radius 1 is 1.00 bits per heavy atom. The molecule has 3 rings (SSSR count). The number of aryl methyl sites for hydroxylation is 3. The number of azo groups is 1. The second-order valence-electron chi connectivity index (χ2n) is 6.35. The van der Waals surface area contributed by atoms with Gasteiger partial charge in [0, 0.05) is 6.20 Å². The van der Waals surface area contributed by atoms with Crippen LogP contribution < -0.4 is 0 Å². The van der Waals surface area contributed by atoms with Crippen molar-refractivity contribution in [2.75, 3.05) is 0 Å². The zero-order chi connectivity index (χ0) is 16.6. The highest BCUT2D eigenvalue weighted by Crippen LogP contribution is 2.31. The van der Waals surface area contributed by atoms with Crippen LogP contribution in [0.1, 0.15) is 42.1 Å². The van der Waals surface area contributed by atoms with Crippen molar-refractivity contribution in [3.63, 3.8) is 0 Å². The van der Waals surface area contributed by atoms with E-state index >= 15 is 0 Å². The number of rotatable bonds is 3. The molecule has 0 atom stereocenters. The number of aromatic nitrogens is 2. The molecule has 0 amide bonds. The zero-order valence-electron chi connectivity index (χ0n) is 14.3. The van der Waals surface area contributed by atoms with Gasteiger partial charge in [0.15, 0.2) is 5.82 Å². The largest absolute Gasteiger partial charge is 0.283 e. The molecule has 0 N–H and O–H groups in total. The molecule has 0 aliphatic heterocycles. The Hall–Kier alpha value is -2.49. The molecule has 0 aliphatic carbocycles. The lowest BCUT2D eigenvalue weighted by Gasteiger charge is -2.04. The molecule has 4 nitrogen and oxygen atoms in total. The number of imidazole rings is 1. The van der Waals surface area contributed by atoms with Crippen LogP contribution in [0.5, 0.6) is 0 Å². The van der Waals surface area contributed by atoms with Gasteiger partial charge in [-0.3, -0.25) is 4.40 Å². The van der Waals surface area contributed by atoms with Crippen molar-refractivity contribution >= 4 is 17.2 Å². The lowest BCUT2D eigenvalue weighted by Crippen LogP contribution is -1.88. The summed E-state index contributed by atoms with van der Waals surface area (Å²) in [5, 5.41) is 9.09. The standard InChI is InChI=1S/C19H22N4/c1-12(2)17-19(23-10-9-13(3)11-16(23)20-17)22-21-18-14(4)7-6-8-15(18)5/h6-12H,1-5H3. The van der Waals surface area contributed by atoms with Gasteiger partial charge < -0.3 is 0 Å². The summed E-state index contributed by atoms with van der Waals surface area (Å²) in [6.45, 7) is 10.5. The first kappa shape index (κ1) is 15.4. The highest BCUT2D eigenvalue weighted by Gasteiger charge is 2.15. The van der Waals surface area contributed by atoms with Gasteiger partial charge in [0.1, 0.15) is 5.65 Å². The summed E-state index contributed by atoms with van der Waals surface area (Å²) in [5.41, 5.74) is 6.28.